The Morgan fingerprint density at radius 1 is 1.38 bits per heavy atom. The summed E-state index contributed by atoms with van der Waals surface area (Å²) in [5.74, 6) is 0.0731. The van der Waals surface area contributed by atoms with Crippen molar-refractivity contribution in [2.75, 3.05) is 6.54 Å². The maximum Gasteiger partial charge on any atom is 0.410 e. The van der Waals surface area contributed by atoms with Gasteiger partial charge in [0.15, 0.2) is 0 Å². The van der Waals surface area contributed by atoms with E-state index in [2.05, 4.69) is 5.73 Å². The largest absolute Gasteiger partial charge is 0.508 e. The van der Waals surface area contributed by atoms with E-state index in [0.717, 1.165) is 0 Å². The zero-order chi connectivity index (χ0) is 15.6. The van der Waals surface area contributed by atoms with Crippen molar-refractivity contribution >= 4 is 6.09 Å². The van der Waals surface area contributed by atoms with Crippen molar-refractivity contribution in [2.45, 2.75) is 44.9 Å². The molecule has 2 N–H and O–H groups in total. The van der Waals surface area contributed by atoms with Gasteiger partial charge in [0.05, 0.1) is 18.7 Å². The van der Waals surface area contributed by atoms with Crippen LogP contribution in [0.25, 0.3) is 0 Å². The first kappa shape index (κ1) is 15.4. The maximum atomic E-state index is 12.3. The maximum absolute atomic E-state index is 12.3. The number of hydrogen-bond donors (Lipinski definition) is 2. The third kappa shape index (κ3) is 3.78. The third-order valence-electron chi connectivity index (χ3n) is 3.26. The summed E-state index contributed by atoms with van der Waals surface area (Å²) in [6.45, 7) is 5.57. The molecule has 5 nitrogen and oxygen atoms in total. The molecule has 0 aromatic carbocycles. The second kappa shape index (κ2) is 5.80. The van der Waals surface area contributed by atoms with E-state index in [1.165, 1.54) is 11.0 Å². The van der Waals surface area contributed by atoms with Crippen LogP contribution in [0, 0.1) is 0 Å². The van der Waals surface area contributed by atoms with Crippen molar-refractivity contribution in [1.29, 1.82) is 0 Å². The number of rotatable bonds is 1. The van der Waals surface area contributed by atoms with E-state index in [9.17, 15) is 15.0 Å². The fourth-order valence-electron chi connectivity index (χ4n) is 2.41. The Bertz CT molecular complexity index is 547. The predicted molar refractivity (Wildman–Crippen MR) is 78.8 cm³/mol. The molecule has 1 fully saturated rings. The quantitative estimate of drug-likeness (QED) is 0.728. The molecule has 1 aliphatic carbocycles. The Hall–Kier alpha value is -1.97. The van der Waals surface area contributed by atoms with Gasteiger partial charge >= 0.3 is 6.09 Å². The molecule has 1 heterocycles. The lowest BCUT2D eigenvalue weighted by atomic mass is 10.0. The van der Waals surface area contributed by atoms with Crippen LogP contribution in [0.15, 0.2) is 41.4 Å². The van der Waals surface area contributed by atoms with Gasteiger partial charge in [0.2, 0.25) is 0 Å². The number of aliphatic hydroxyl groups is 2. The minimum atomic E-state index is -0.628. The monoisotopic (exact) mass is 291 g/mol. The van der Waals surface area contributed by atoms with Crippen LogP contribution in [0.4, 0.5) is 4.79 Å². The van der Waals surface area contributed by atoms with Crippen LogP contribution >= 0.6 is 0 Å². The van der Waals surface area contributed by atoms with E-state index >= 15 is 0 Å². The number of carbonyl (C=O) groups is 1. The van der Waals surface area contributed by atoms with Gasteiger partial charge in [0.1, 0.15) is 11.4 Å². The zero-order valence-electron chi connectivity index (χ0n) is 12.5. The summed E-state index contributed by atoms with van der Waals surface area (Å²) in [6.07, 6.45) is 5.75. The van der Waals surface area contributed by atoms with E-state index in [1.54, 1.807) is 39.0 Å². The van der Waals surface area contributed by atoms with E-state index in [0.29, 0.717) is 12.0 Å². The number of likely N-dealkylation sites (tertiary alicyclic amines) is 1. The molecule has 2 rings (SSSR count). The van der Waals surface area contributed by atoms with Crippen LogP contribution in [0.1, 0.15) is 27.2 Å². The molecule has 0 bridgehead atoms. The Balaban J connectivity index is 2.23. The average Bonchev–Trinajstić information content (AvgIpc) is 2.60. The van der Waals surface area contributed by atoms with Crippen LogP contribution in [0.5, 0.6) is 0 Å². The van der Waals surface area contributed by atoms with Crippen LogP contribution < -0.4 is 0 Å². The average molecular weight is 291 g/mol. The lowest BCUT2D eigenvalue weighted by Crippen LogP contribution is -2.41. The van der Waals surface area contributed by atoms with E-state index < -0.39 is 23.8 Å². The van der Waals surface area contributed by atoms with Gasteiger partial charge in [0.25, 0.3) is 0 Å². The molecule has 2 atom stereocenters. The third-order valence-corrected chi connectivity index (χ3v) is 3.26. The Morgan fingerprint density at radius 2 is 2.05 bits per heavy atom. The summed E-state index contributed by atoms with van der Waals surface area (Å²) in [5, 5.41) is 20.0. The molecule has 21 heavy (non-hydrogen) atoms. The van der Waals surface area contributed by atoms with Crippen LogP contribution in [0.2, 0.25) is 0 Å². The molecule has 1 amide bonds. The first-order valence-corrected chi connectivity index (χ1v) is 6.98. The molecule has 0 aromatic rings. The summed E-state index contributed by atoms with van der Waals surface area (Å²) < 4.78 is 5.37. The molecular weight excluding hydrogens is 270 g/mol. The van der Waals surface area contributed by atoms with E-state index in [4.69, 9.17) is 4.74 Å². The van der Waals surface area contributed by atoms with Gasteiger partial charge in [-0.25, -0.2) is 4.79 Å². The van der Waals surface area contributed by atoms with Gasteiger partial charge in [-0.1, -0.05) is 0 Å². The van der Waals surface area contributed by atoms with Crippen LogP contribution in [0.3, 0.4) is 0 Å². The lowest BCUT2D eigenvalue weighted by Gasteiger charge is -2.29. The molecule has 1 saturated heterocycles. The number of β-amino-alcohol motifs (C(OH)–C–C–N with tert-alkyl or cyclic N) is 1. The number of nitrogens with zero attached hydrogens (tertiary/aromatic N) is 1. The van der Waals surface area contributed by atoms with Crippen molar-refractivity contribution in [2.24, 2.45) is 0 Å². The Morgan fingerprint density at radius 3 is 2.71 bits per heavy atom. The Labute approximate surface area is 124 Å². The van der Waals surface area contributed by atoms with Crippen LogP contribution in [-0.2, 0) is 4.74 Å². The first-order chi connectivity index (χ1) is 9.78. The normalized spacial score (nSPS) is 25.4. The summed E-state index contributed by atoms with van der Waals surface area (Å²) in [5.41, 5.74) is 2.84. The topological polar surface area (TPSA) is 70.0 Å². The van der Waals surface area contributed by atoms with E-state index in [-0.39, 0.29) is 12.3 Å². The van der Waals surface area contributed by atoms with Crippen LogP contribution in [-0.4, -0.2) is 45.5 Å². The minimum Gasteiger partial charge on any atom is -0.508 e. The van der Waals surface area contributed by atoms with Gasteiger partial charge in [-0.15, -0.1) is 5.73 Å². The lowest BCUT2D eigenvalue weighted by molar-refractivity contribution is 0.0228. The molecule has 1 unspecified atom stereocenters. The predicted octanol–water partition coefficient (Wildman–Crippen LogP) is 2.45. The SMILES string of the molecule is CC(C)(C)OC(=O)N1C[C@H](O)CC1C1=CC=C=CC=C1O. The number of carbonyl (C=O) groups excluding carboxylic acids is 1. The molecule has 2 aliphatic rings. The number of hydrogen-bond acceptors (Lipinski definition) is 4. The molecule has 5 heteroatoms. The summed E-state index contributed by atoms with van der Waals surface area (Å²) in [7, 11) is 0. The highest BCUT2D eigenvalue weighted by molar-refractivity contribution is 5.70. The molecule has 0 saturated carbocycles. The minimum absolute atomic E-state index is 0.0731. The molecular formula is C16H21NO4. The summed E-state index contributed by atoms with van der Waals surface area (Å²) in [4.78, 5) is 13.7. The second-order valence-electron chi connectivity index (χ2n) is 6.21. The number of ether oxygens (including phenoxy) is 1. The number of allylic oxidation sites excluding steroid dienone is 3. The van der Waals surface area contributed by atoms with E-state index in [1.807, 2.05) is 0 Å². The zero-order valence-corrected chi connectivity index (χ0v) is 12.5. The van der Waals surface area contributed by atoms with Gasteiger partial charge in [-0.3, -0.25) is 4.90 Å². The fraction of sp³-hybridized carbons (Fsp3) is 0.500. The Kier molecular flexibility index (Phi) is 4.26. The molecule has 0 aromatic heterocycles. The van der Waals surface area contributed by atoms with Crippen molar-refractivity contribution in [3.05, 3.63) is 41.4 Å². The fourth-order valence-corrected chi connectivity index (χ4v) is 2.41. The van der Waals surface area contributed by atoms with Gasteiger partial charge < -0.3 is 14.9 Å². The standard InChI is InChI=1S/C16H21NO4/c1-16(2,3)21-15(20)17-10-11(18)9-13(17)12-7-5-4-6-8-14(12)19/h5-8,11,13,18-19H,9-10H2,1-3H3/t11-,13?/m1/s1. The first-order valence-electron chi connectivity index (χ1n) is 6.98. The van der Waals surface area contributed by atoms with Crippen molar-refractivity contribution < 1.29 is 19.7 Å². The smallest absolute Gasteiger partial charge is 0.410 e. The van der Waals surface area contributed by atoms with Gasteiger partial charge in [-0.05, 0) is 51.5 Å². The summed E-state index contributed by atoms with van der Waals surface area (Å²) in [6, 6.07) is -0.407. The van der Waals surface area contributed by atoms with Crippen molar-refractivity contribution in [1.82, 2.24) is 4.90 Å². The van der Waals surface area contributed by atoms with Gasteiger partial charge in [0, 0.05) is 5.57 Å². The highest BCUT2D eigenvalue weighted by atomic mass is 16.6. The molecule has 0 radical (unpaired) electrons. The molecule has 0 spiro atoms. The molecule has 114 valence electrons. The van der Waals surface area contributed by atoms with Gasteiger partial charge in [-0.2, -0.15) is 0 Å². The second-order valence-corrected chi connectivity index (χ2v) is 6.21. The number of aliphatic hydroxyl groups excluding tert-OH is 2. The molecule has 1 aliphatic heterocycles. The highest BCUT2D eigenvalue weighted by Gasteiger charge is 2.39. The van der Waals surface area contributed by atoms with Crippen molar-refractivity contribution in [3.8, 4) is 0 Å². The highest BCUT2D eigenvalue weighted by Crippen LogP contribution is 2.29. The van der Waals surface area contributed by atoms with Crippen molar-refractivity contribution in [3.63, 3.8) is 0 Å². The summed E-state index contributed by atoms with van der Waals surface area (Å²) >= 11 is 0. The number of amides is 1.